The Morgan fingerprint density at radius 1 is 1.46 bits per heavy atom. The maximum atomic E-state index is 12.0. The van der Waals surface area contributed by atoms with Crippen LogP contribution in [0.15, 0.2) is 24.4 Å². The number of hydrogen-bond donors (Lipinski definition) is 3. The zero-order valence-corrected chi connectivity index (χ0v) is 12.4. The second-order valence-corrected chi connectivity index (χ2v) is 4.89. The van der Waals surface area contributed by atoms with Crippen LogP contribution in [0.5, 0.6) is 0 Å². The fraction of sp³-hybridized carbons (Fsp3) is 0.0667. The van der Waals surface area contributed by atoms with Crippen LogP contribution in [0.3, 0.4) is 0 Å². The summed E-state index contributed by atoms with van der Waals surface area (Å²) in [6.07, 6.45) is 1.39. The van der Waals surface area contributed by atoms with Crippen LogP contribution in [0.1, 0.15) is 26.5 Å². The first-order valence-corrected chi connectivity index (χ1v) is 6.69. The van der Waals surface area contributed by atoms with Gasteiger partial charge < -0.3 is 20.1 Å². The van der Waals surface area contributed by atoms with Gasteiger partial charge >= 0.3 is 11.9 Å². The molecule has 3 rings (SSSR count). The number of methoxy groups -OCH3 is 1. The lowest BCUT2D eigenvalue weighted by Gasteiger charge is -2.08. The van der Waals surface area contributed by atoms with Gasteiger partial charge in [-0.1, -0.05) is 0 Å². The van der Waals surface area contributed by atoms with Gasteiger partial charge in [-0.2, -0.15) is 10.4 Å². The van der Waals surface area contributed by atoms with E-state index in [-0.39, 0.29) is 22.6 Å². The Bertz CT molecular complexity index is 1020. The SMILES string of the molecule is COC(=O)c1c(N)c(C#N)cn1-c1ccc2[nH]nc(C(=O)O)c2c1. The fourth-order valence-electron chi connectivity index (χ4n) is 2.43. The topological polar surface area (TPSA) is 147 Å². The molecule has 0 saturated heterocycles. The van der Waals surface area contributed by atoms with Gasteiger partial charge in [0.05, 0.1) is 23.9 Å². The van der Waals surface area contributed by atoms with Gasteiger partial charge in [0.1, 0.15) is 6.07 Å². The molecule has 4 N–H and O–H groups in total. The van der Waals surface area contributed by atoms with Gasteiger partial charge in [0, 0.05) is 17.3 Å². The normalized spacial score (nSPS) is 10.5. The van der Waals surface area contributed by atoms with E-state index in [4.69, 9.17) is 15.7 Å². The molecule has 0 saturated carbocycles. The zero-order chi connectivity index (χ0) is 17.4. The molecule has 9 nitrogen and oxygen atoms in total. The van der Waals surface area contributed by atoms with Crippen molar-refractivity contribution in [1.82, 2.24) is 14.8 Å². The smallest absolute Gasteiger partial charge is 0.357 e. The van der Waals surface area contributed by atoms with Crippen molar-refractivity contribution in [2.45, 2.75) is 0 Å². The molecule has 0 atom stereocenters. The molecule has 24 heavy (non-hydrogen) atoms. The number of nitrogens with zero attached hydrogens (tertiary/aromatic N) is 3. The van der Waals surface area contributed by atoms with Crippen LogP contribution < -0.4 is 5.73 Å². The summed E-state index contributed by atoms with van der Waals surface area (Å²) in [7, 11) is 1.20. The van der Waals surface area contributed by atoms with Crippen molar-refractivity contribution in [1.29, 1.82) is 5.26 Å². The number of fused-ring (bicyclic) bond motifs is 1. The number of carboxylic acids is 1. The van der Waals surface area contributed by atoms with Gasteiger partial charge in [0.2, 0.25) is 0 Å². The van der Waals surface area contributed by atoms with E-state index in [1.165, 1.54) is 23.9 Å². The number of anilines is 1. The molecule has 0 aliphatic rings. The van der Waals surface area contributed by atoms with Gasteiger partial charge in [-0.25, -0.2) is 9.59 Å². The minimum absolute atomic E-state index is 0.00454. The number of nitriles is 1. The highest BCUT2D eigenvalue weighted by Crippen LogP contribution is 2.27. The number of carbonyl (C=O) groups excluding carboxylic acids is 1. The summed E-state index contributed by atoms with van der Waals surface area (Å²) in [6, 6.07) is 6.69. The number of carbonyl (C=O) groups is 2. The standard InChI is InChI=1S/C15H11N5O4/c1-24-15(23)13-11(17)7(5-16)6-20(13)8-2-3-10-9(4-8)12(14(21)22)19-18-10/h2-4,6H,17H2,1H3,(H,18,19)(H,21,22). The number of aromatic nitrogens is 3. The Morgan fingerprint density at radius 2 is 2.21 bits per heavy atom. The third-order valence-electron chi connectivity index (χ3n) is 3.57. The number of hydrogen-bond acceptors (Lipinski definition) is 6. The molecule has 0 bridgehead atoms. The molecule has 0 aliphatic heterocycles. The Hall–Kier alpha value is -3.80. The molecule has 0 unspecified atom stereocenters. The molecule has 0 aliphatic carbocycles. The summed E-state index contributed by atoms with van der Waals surface area (Å²) in [5, 5.41) is 25.0. The molecule has 9 heteroatoms. The van der Waals surface area contributed by atoms with E-state index in [2.05, 4.69) is 10.2 Å². The lowest BCUT2D eigenvalue weighted by Crippen LogP contribution is -2.11. The Kier molecular flexibility index (Phi) is 3.42. The number of aromatic amines is 1. The molecule has 3 aromatic rings. The van der Waals surface area contributed by atoms with E-state index in [0.717, 1.165) is 0 Å². The Morgan fingerprint density at radius 3 is 2.83 bits per heavy atom. The number of ether oxygens (including phenoxy) is 1. The molecule has 120 valence electrons. The molecule has 0 radical (unpaired) electrons. The molecular formula is C15H11N5O4. The highest BCUT2D eigenvalue weighted by atomic mass is 16.5. The number of nitrogen functional groups attached to an aromatic ring is 1. The van der Waals surface area contributed by atoms with Gasteiger partial charge in [-0.05, 0) is 18.2 Å². The predicted molar refractivity (Wildman–Crippen MR) is 82.8 cm³/mol. The monoisotopic (exact) mass is 325 g/mol. The average Bonchev–Trinajstić information content (AvgIpc) is 3.14. The van der Waals surface area contributed by atoms with Gasteiger partial charge in [0.25, 0.3) is 0 Å². The number of carboxylic acid groups (broad SMARTS) is 1. The van der Waals surface area contributed by atoms with Crippen molar-refractivity contribution in [3.63, 3.8) is 0 Å². The second-order valence-electron chi connectivity index (χ2n) is 4.89. The average molecular weight is 325 g/mol. The van der Waals surface area contributed by atoms with Crippen molar-refractivity contribution >= 4 is 28.5 Å². The molecule has 2 aromatic heterocycles. The van der Waals surface area contributed by atoms with Gasteiger partial charge in [0.15, 0.2) is 11.4 Å². The van der Waals surface area contributed by atoms with E-state index >= 15 is 0 Å². The van der Waals surface area contributed by atoms with Crippen LogP contribution in [0.2, 0.25) is 0 Å². The lowest BCUT2D eigenvalue weighted by atomic mass is 10.2. The summed E-state index contributed by atoms with van der Waals surface area (Å²) in [5.74, 6) is -1.89. The molecule has 0 amide bonds. The fourth-order valence-corrected chi connectivity index (χ4v) is 2.43. The third-order valence-corrected chi connectivity index (χ3v) is 3.57. The maximum Gasteiger partial charge on any atom is 0.357 e. The van der Waals surface area contributed by atoms with E-state index < -0.39 is 11.9 Å². The number of rotatable bonds is 3. The van der Waals surface area contributed by atoms with Crippen LogP contribution in [0.4, 0.5) is 5.69 Å². The number of nitrogens with one attached hydrogen (secondary N) is 1. The first kappa shape index (κ1) is 15.1. The van der Waals surface area contributed by atoms with Crippen LogP contribution in [-0.2, 0) is 4.74 Å². The maximum absolute atomic E-state index is 12.0. The number of benzene rings is 1. The van der Waals surface area contributed by atoms with Gasteiger partial charge in [-0.3, -0.25) is 5.10 Å². The second kappa shape index (κ2) is 5.44. The largest absolute Gasteiger partial charge is 0.476 e. The first-order valence-electron chi connectivity index (χ1n) is 6.69. The summed E-state index contributed by atoms with van der Waals surface area (Å²) in [5.41, 5.74) is 6.77. The summed E-state index contributed by atoms with van der Waals surface area (Å²) in [6.45, 7) is 0. The van der Waals surface area contributed by atoms with E-state index in [9.17, 15) is 14.7 Å². The molecule has 1 aromatic carbocycles. The molecule has 0 spiro atoms. The van der Waals surface area contributed by atoms with Crippen LogP contribution >= 0.6 is 0 Å². The number of H-pyrrole nitrogens is 1. The van der Waals surface area contributed by atoms with Gasteiger partial charge in [-0.15, -0.1) is 0 Å². The quantitative estimate of drug-likeness (QED) is 0.614. The Labute approximate surface area is 134 Å². The lowest BCUT2D eigenvalue weighted by molar-refractivity contribution is 0.0592. The highest BCUT2D eigenvalue weighted by Gasteiger charge is 2.22. The van der Waals surface area contributed by atoms with Crippen molar-refractivity contribution < 1.29 is 19.4 Å². The summed E-state index contributed by atoms with van der Waals surface area (Å²) >= 11 is 0. The summed E-state index contributed by atoms with van der Waals surface area (Å²) < 4.78 is 6.10. The van der Waals surface area contributed by atoms with Crippen molar-refractivity contribution in [2.75, 3.05) is 12.8 Å². The third kappa shape index (κ3) is 2.14. The van der Waals surface area contributed by atoms with Crippen LogP contribution in [-0.4, -0.2) is 38.9 Å². The zero-order valence-electron chi connectivity index (χ0n) is 12.4. The minimum Gasteiger partial charge on any atom is -0.476 e. The predicted octanol–water partition coefficient (Wildman–Crippen LogP) is 1.29. The Balaban J connectivity index is 2.28. The van der Waals surface area contributed by atoms with E-state index in [0.29, 0.717) is 16.6 Å². The highest BCUT2D eigenvalue weighted by molar-refractivity contribution is 6.02. The summed E-state index contributed by atoms with van der Waals surface area (Å²) in [4.78, 5) is 23.2. The molecule has 0 fully saturated rings. The van der Waals surface area contributed by atoms with Crippen molar-refractivity contribution in [2.24, 2.45) is 0 Å². The van der Waals surface area contributed by atoms with E-state index in [1.807, 2.05) is 6.07 Å². The van der Waals surface area contributed by atoms with Crippen LogP contribution in [0.25, 0.3) is 16.6 Å². The van der Waals surface area contributed by atoms with Crippen molar-refractivity contribution in [3.05, 3.63) is 41.3 Å². The van der Waals surface area contributed by atoms with E-state index in [1.54, 1.807) is 12.1 Å². The van der Waals surface area contributed by atoms with Crippen molar-refractivity contribution in [3.8, 4) is 11.8 Å². The van der Waals surface area contributed by atoms with Crippen LogP contribution in [0, 0.1) is 11.3 Å². The number of esters is 1. The number of aromatic carboxylic acids is 1. The number of nitrogens with two attached hydrogens (primary N) is 1. The first-order chi connectivity index (χ1) is 11.5. The molecular weight excluding hydrogens is 314 g/mol. The molecule has 2 heterocycles. The minimum atomic E-state index is -1.18.